The first kappa shape index (κ1) is 24.1. The first-order valence-electron chi connectivity index (χ1n) is 11.6. The SMILES string of the molecule is CC(C)COc1cccc(/C(O)=C2/C(=O)C(=O)N(c3ccccc3)C2c2ccc(N(C)C)cc2)c1. The Kier molecular flexibility index (Phi) is 6.92. The topological polar surface area (TPSA) is 70.1 Å². The maximum Gasteiger partial charge on any atom is 0.300 e. The summed E-state index contributed by atoms with van der Waals surface area (Å²) in [7, 11) is 3.89. The number of hydrogen-bond acceptors (Lipinski definition) is 5. The molecular formula is C29H30N2O4. The van der Waals surface area contributed by atoms with Crippen LogP contribution in [0.1, 0.15) is 31.0 Å². The Hall–Kier alpha value is -4.06. The first-order valence-corrected chi connectivity index (χ1v) is 11.6. The molecule has 0 aromatic heterocycles. The summed E-state index contributed by atoms with van der Waals surface area (Å²) in [6, 6.07) is 22.9. The minimum absolute atomic E-state index is 0.0532. The minimum atomic E-state index is -0.770. The van der Waals surface area contributed by atoms with E-state index in [4.69, 9.17) is 4.74 Å². The molecule has 1 unspecified atom stereocenters. The molecule has 0 bridgehead atoms. The van der Waals surface area contributed by atoms with Crippen molar-refractivity contribution in [2.45, 2.75) is 19.9 Å². The molecule has 1 aliphatic rings. The fraction of sp³-hybridized carbons (Fsp3) is 0.241. The number of anilines is 2. The second kappa shape index (κ2) is 10.1. The van der Waals surface area contributed by atoms with Crippen molar-refractivity contribution in [1.82, 2.24) is 0 Å². The smallest absolute Gasteiger partial charge is 0.300 e. The second-order valence-corrected chi connectivity index (χ2v) is 9.22. The van der Waals surface area contributed by atoms with Crippen molar-refractivity contribution in [1.29, 1.82) is 0 Å². The van der Waals surface area contributed by atoms with Crippen molar-refractivity contribution in [3.05, 3.63) is 95.6 Å². The van der Waals surface area contributed by atoms with Gasteiger partial charge >= 0.3 is 0 Å². The zero-order chi connectivity index (χ0) is 25.1. The van der Waals surface area contributed by atoms with E-state index in [9.17, 15) is 14.7 Å². The van der Waals surface area contributed by atoms with Crippen LogP contribution in [-0.2, 0) is 9.59 Å². The molecular weight excluding hydrogens is 440 g/mol. The summed E-state index contributed by atoms with van der Waals surface area (Å²) in [5.41, 5.74) is 2.78. The van der Waals surface area contributed by atoms with Gasteiger partial charge in [-0.3, -0.25) is 14.5 Å². The lowest BCUT2D eigenvalue weighted by atomic mass is 9.95. The van der Waals surface area contributed by atoms with Crippen molar-refractivity contribution >= 4 is 28.8 Å². The third-order valence-corrected chi connectivity index (χ3v) is 5.89. The maximum atomic E-state index is 13.3. The van der Waals surface area contributed by atoms with E-state index in [-0.39, 0.29) is 11.3 Å². The molecule has 1 amide bonds. The summed E-state index contributed by atoms with van der Waals surface area (Å²) in [6.07, 6.45) is 0. The summed E-state index contributed by atoms with van der Waals surface area (Å²) in [5, 5.41) is 11.4. The molecule has 1 N–H and O–H groups in total. The van der Waals surface area contributed by atoms with E-state index in [1.165, 1.54) is 4.90 Å². The fourth-order valence-corrected chi connectivity index (χ4v) is 4.11. The molecule has 4 rings (SSSR count). The average molecular weight is 471 g/mol. The predicted octanol–water partition coefficient (Wildman–Crippen LogP) is 5.41. The van der Waals surface area contributed by atoms with Crippen LogP contribution >= 0.6 is 0 Å². The molecule has 6 heteroatoms. The average Bonchev–Trinajstić information content (AvgIpc) is 3.13. The predicted molar refractivity (Wildman–Crippen MR) is 139 cm³/mol. The maximum absolute atomic E-state index is 13.3. The molecule has 0 spiro atoms. The molecule has 1 heterocycles. The summed E-state index contributed by atoms with van der Waals surface area (Å²) in [5.74, 6) is -0.688. The number of nitrogens with zero attached hydrogens (tertiary/aromatic N) is 2. The van der Waals surface area contributed by atoms with Gasteiger partial charge in [0.05, 0.1) is 18.2 Å². The monoisotopic (exact) mass is 470 g/mol. The van der Waals surface area contributed by atoms with E-state index >= 15 is 0 Å². The number of aliphatic hydroxyl groups excluding tert-OH is 1. The lowest BCUT2D eigenvalue weighted by Gasteiger charge is -2.26. The van der Waals surface area contributed by atoms with E-state index in [2.05, 4.69) is 13.8 Å². The number of ether oxygens (including phenoxy) is 1. The molecule has 180 valence electrons. The van der Waals surface area contributed by atoms with E-state index in [1.54, 1.807) is 36.4 Å². The molecule has 1 saturated heterocycles. The molecule has 35 heavy (non-hydrogen) atoms. The van der Waals surface area contributed by atoms with Crippen LogP contribution in [0.5, 0.6) is 5.75 Å². The summed E-state index contributed by atoms with van der Waals surface area (Å²) >= 11 is 0. The highest BCUT2D eigenvalue weighted by molar-refractivity contribution is 6.51. The minimum Gasteiger partial charge on any atom is -0.507 e. The molecule has 0 aliphatic carbocycles. The standard InChI is InChI=1S/C29H30N2O4/c1-19(2)18-35-24-12-8-9-21(17-24)27(32)25-26(20-13-15-22(16-14-20)30(3)4)31(29(34)28(25)33)23-10-6-5-7-11-23/h5-17,19,26,32H,18H2,1-4H3/b27-25-. The van der Waals surface area contributed by atoms with Crippen LogP contribution in [0.4, 0.5) is 11.4 Å². The molecule has 6 nitrogen and oxygen atoms in total. The van der Waals surface area contributed by atoms with Gasteiger partial charge in [0.25, 0.3) is 11.7 Å². The van der Waals surface area contributed by atoms with Crippen molar-refractivity contribution in [2.24, 2.45) is 5.92 Å². The number of aliphatic hydroxyl groups is 1. The Labute approximate surface area is 206 Å². The Balaban J connectivity index is 1.85. The second-order valence-electron chi connectivity index (χ2n) is 9.22. The van der Waals surface area contributed by atoms with Crippen LogP contribution in [0.3, 0.4) is 0 Å². The number of carbonyl (C=O) groups is 2. The van der Waals surface area contributed by atoms with Gasteiger partial charge in [-0.1, -0.05) is 56.3 Å². The molecule has 3 aromatic carbocycles. The molecule has 3 aromatic rings. The van der Waals surface area contributed by atoms with Gasteiger partial charge in [0.15, 0.2) is 0 Å². The van der Waals surface area contributed by atoms with Gasteiger partial charge in [-0.2, -0.15) is 0 Å². The van der Waals surface area contributed by atoms with Gasteiger partial charge in [0.2, 0.25) is 0 Å². The zero-order valence-electron chi connectivity index (χ0n) is 20.4. The highest BCUT2D eigenvalue weighted by Crippen LogP contribution is 2.42. The van der Waals surface area contributed by atoms with Crippen LogP contribution < -0.4 is 14.5 Å². The van der Waals surface area contributed by atoms with Gasteiger partial charge in [0, 0.05) is 31.0 Å². The molecule has 1 fully saturated rings. The van der Waals surface area contributed by atoms with E-state index < -0.39 is 17.7 Å². The lowest BCUT2D eigenvalue weighted by molar-refractivity contribution is -0.132. The number of para-hydroxylation sites is 1. The van der Waals surface area contributed by atoms with E-state index in [0.717, 1.165) is 11.3 Å². The highest BCUT2D eigenvalue weighted by Gasteiger charge is 2.46. The van der Waals surface area contributed by atoms with E-state index in [1.807, 2.05) is 61.5 Å². The summed E-state index contributed by atoms with van der Waals surface area (Å²) < 4.78 is 5.81. The van der Waals surface area contributed by atoms with Crippen LogP contribution in [0.2, 0.25) is 0 Å². The number of benzene rings is 3. The third-order valence-electron chi connectivity index (χ3n) is 5.89. The Morgan fingerprint density at radius 1 is 0.971 bits per heavy atom. The number of amides is 1. The van der Waals surface area contributed by atoms with Gasteiger partial charge in [-0.25, -0.2) is 0 Å². The van der Waals surface area contributed by atoms with Crippen LogP contribution in [0, 0.1) is 5.92 Å². The van der Waals surface area contributed by atoms with Crippen LogP contribution in [0.15, 0.2) is 84.4 Å². The Morgan fingerprint density at radius 3 is 2.29 bits per heavy atom. The molecule has 1 atom stereocenters. The van der Waals surface area contributed by atoms with Gasteiger partial charge in [0.1, 0.15) is 11.5 Å². The number of rotatable bonds is 7. The number of Topliss-reactive ketones (excluding diaryl/α,β-unsaturated/α-hetero) is 1. The van der Waals surface area contributed by atoms with Crippen LogP contribution in [-0.4, -0.2) is 37.5 Å². The number of hydrogen-bond donors (Lipinski definition) is 1. The Morgan fingerprint density at radius 2 is 1.66 bits per heavy atom. The zero-order valence-corrected chi connectivity index (χ0v) is 20.4. The highest BCUT2D eigenvalue weighted by atomic mass is 16.5. The first-order chi connectivity index (χ1) is 16.8. The summed E-state index contributed by atoms with van der Waals surface area (Å²) in [6.45, 7) is 4.63. The quantitative estimate of drug-likeness (QED) is 0.284. The third kappa shape index (κ3) is 4.92. The van der Waals surface area contributed by atoms with Crippen molar-refractivity contribution in [3.63, 3.8) is 0 Å². The number of carbonyl (C=O) groups excluding carboxylic acids is 2. The van der Waals surface area contributed by atoms with Gasteiger partial charge in [-0.15, -0.1) is 0 Å². The normalized spacial score (nSPS) is 17.2. The molecule has 1 aliphatic heterocycles. The van der Waals surface area contributed by atoms with Crippen molar-refractivity contribution in [3.8, 4) is 5.75 Å². The molecule has 0 saturated carbocycles. The lowest BCUT2D eigenvalue weighted by Crippen LogP contribution is -2.29. The summed E-state index contributed by atoms with van der Waals surface area (Å²) in [4.78, 5) is 30.0. The van der Waals surface area contributed by atoms with Gasteiger partial charge < -0.3 is 14.7 Å². The molecule has 0 radical (unpaired) electrons. The van der Waals surface area contributed by atoms with Crippen molar-refractivity contribution < 1.29 is 19.4 Å². The van der Waals surface area contributed by atoms with Crippen molar-refractivity contribution in [2.75, 3.05) is 30.5 Å². The fourth-order valence-electron chi connectivity index (χ4n) is 4.11. The van der Waals surface area contributed by atoms with Gasteiger partial charge in [-0.05, 0) is 47.9 Å². The van der Waals surface area contributed by atoms with E-state index in [0.29, 0.717) is 29.5 Å². The Bertz CT molecular complexity index is 1250. The van der Waals surface area contributed by atoms with Crippen LogP contribution in [0.25, 0.3) is 5.76 Å². The number of ketones is 1. The largest absolute Gasteiger partial charge is 0.507 e.